The number of rotatable bonds is 5. The van der Waals surface area contributed by atoms with Crippen LogP contribution in [0.4, 0.5) is 4.79 Å². The Balaban J connectivity index is 2.51. The molecule has 0 aromatic carbocycles. The summed E-state index contributed by atoms with van der Waals surface area (Å²) in [5, 5.41) is 14.4. The Labute approximate surface area is 115 Å². The predicted octanol–water partition coefficient (Wildman–Crippen LogP) is 2.51. The molecule has 2 amide bonds. The van der Waals surface area contributed by atoms with Gasteiger partial charge in [-0.3, -0.25) is 0 Å². The molecule has 1 aliphatic carbocycles. The number of hydrogen-bond acceptors (Lipinski definition) is 2. The van der Waals surface area contributed by atoms with Crippen molar-refractivity contribution in [2.75, 3.05) is 0 Å². The van der Waals surface area contributed by atoms with E-state index in [2.05, 4.69) is 17.6 Å². The molecule has 1 atom stereocenters. The first-order chi connectivity index (χ1) is 8.86. The molecule has 110 valence electrons. The molecule has 5 nitrogen and oxygen atoms in total. The minimum atomic E-state index is -1.24. The average Bonchev–Trinajstić information content (AvgIpc) is 2.36. The second-order valence-corrected chi connectivity index (χ2v) is 5.94. The van der Waals surface area contributed by atoms with E-state index in [1.165, 1.54) is 33.1 Å². The molecule has 1 saturated carbocycles. The van der Waals surface area contributed by atoms with Crippen LogP contribution in [0.15, 0.2) is 0 Å². The van der Waals surface area contributed by atoms with Gasteiger partial charge in [0.15, 0.2) is 0 Å². The van der Waals surface area contributed by atoms with Crippen LogP contribution in [-0.4, -0.2) is 28.7 Å². The second-order valence-electron chi connectivity index (χ2n) is 5.94. The van der Waals surface area contributed by atoms with Crippen LogP contribution in [0.3, 0.4) is 0 Å². The van der Waals surface area contributed by atoms with Gasteiger partial charge in [-0.1, -0.05) is 26.2 Å². The molecule has 1 fully saturated rings. The van der Waals surface area contributed by atoms with E-state index in [1.807, 2.05) is 0 Å². The highest BCUT2D eigenvalue weighted by molar-refractivity contribution is 5.85. The topological polar surface area (TPSA) is 78.4 Å². The van der Waals surface area contributed by atoms with Crippen molar-refractivity contribution in [2.45, 2.75) is 70.9 Å². The Morgan fingerprint density at radius 2 is 1.84 bits per heavy atom. The Morgan fingerprint density at radius 3 is 2.32 bits per heavy atom. The number of urea groups is 1. The van der Waals surface area contributed by atoms with Crippen LogP contribution in [0.5, 0.6) is 0 Å². The molecule has 3 N–H and O–H groups in total. The zero-order valence-electron chi connectivity index (χ0n) is 12.2. The van der Waals surface area contributed by atoms with E-state index < -0.39 is 11.5 Å². The van der Waals surface area contributed by atoms with Crippen molar-refractivity contribution in [3.05, 3.63) is 0 Å². The van der Waals surface area contributed by atoms with Gasteiger partial charge < -0.3 is 15.7 Å². The summed E-state index contributed by atoms with van der Waals surface area (Å²) in [6, 6.07) is -0.241. The van der Waals surface area contributed by atoms with Crippen molar-refractivity contribution in [2.24, 2.45) is 5.92 Å². The first-order valence-corrected chi connectivity index (χ1v) is 7.19. The Kier molecular flexibility index (Phi) is 5.63. The van der Waals surface area contributed by atoms with E-state index >= 15 is 0 Å². The van der Waals surface area contributed by atoms with E-state index in [9.17, 15) is 9.59 Å². The summed E-state index contributed by atoms with van der Waals surface area (Å²) >= 11 is 0. The minimum Gasteiger partial charge on any atom is -0.480 e. The van der Waals surface area contributed by atoms with Crippen molar-refractivity contribution in [1.29, 1.82) is 0 Å². The lowest BCUT2D eigenvalue weighted by atomic mass is 9.83. The zero-order valence-corrected chi connectivity index (χ0v) is 12.2. The van der Waals surface area contributed by atoms with Crippen molar-refractivity contribution in [3.8, 4) is 0 Å². The molecule has 1 aliphatic rings. The van der Waals surface area contributed by atoms with Crippen LogP contribution < -0.4 is 10.6 Å². The van der Waals surface area contributed by atoms with Crippen LogP contribution in [0.1, 0.15) is 59.3 Å². The SMILES string of the molecule is CCC(NC(=O)NC(C)(C)C(=O)O)C1CCCCC1. The average molecular weight is 270 g/mol. The molecule has 0 radical (unpaired) electrons. The van der Waals surface area contributed by atoms with Gasteiger partial charge in [-0.05, 0) is 39.0 Å². The molecule has 0 aromatic rings. The number of hydrogen-bond donors (Lipinski definition) is 3. The standard InChI is InChI=1S/C14H26N2O3/c1-4-11(10-8-6-5-7-9-10)15-13(19)16-14(2,3)12(17)18/h10-11H,4-9H2,1-3H3,(H,17,18)(H2,15,16,19). The lowest BCUT2D eigenvalue weighted by Crippen LogP contribution is -2.55. The van der Waals surface area contributed by atoms with E-state index in [0.29, 0.717) is 5.92 Å². The van der Waals surface area contributed by atoms with Gasteiger partial charge in [0.1, 0.15) is 5.54 Å². The van der Waals surface area contributed by atoms with Gasteiger partial charge in [-0.2, -0.15) is 0 Å². The number of amides is 2. The van der Waals surface area contributed by atoms with Gasteiger partial charge in [0.25, 0.3) is 0 Å². The summed E-state index contributed by atoms with van der Waals surface area (Å²) in [4.78, 5) is 22.9. The van der Waals surface area contributed by atoms with Crippen molar-refractivity contribution in [1.82, 2.24) is 10.6 Å². The van der Waals surface area contributed by atoms with Gasteiger partial charge in [0.05, 0.1) is 0 Å². The third-order valence-corrected chi connectivity index (χ3v) is 3.94. The smallest absolute Gasteiger partial charge is 0.328 e. The molecule has 0 aromatic heterocycles. The maximum absolute atomic E-state index is 11.9. The zero-order chi connectivity index (χ0) is 14.5. The molecule has 1 unspecified atom stereocenters. The maximum atomic E-state index is 11.9. The van der Waals surface area contributed by atoms with E-state index in [-0.39, 0.29) is 12.1 Å². The molecule has 0 heterocycles. The minimum absolute atomic E-state index is 0.143. The monoisotopic (exact) mass is 270 g/mol. The number of nitrogens with one attached hydrogen (secondary N) is 2. The summed E-state index contributed by atoms with van der Waals surface area (Å²) < 4.78 is 0. The summed E-state index contributed by atoms with van der Waals surface area (Å²) in [6.45, 7) is 5.02. The van der Waals surface area contributed by atoms with E-state index in [0.717, 1.165) is 19.3 Å². The van der Waals surface area contributed by atoms with Crippen molar-refractivity contribution in [3.63, 3.8) is 0 Å². The maximum Gasteiger partial charge on any atom is 0.328 e. The van der Waals surface area contributed by atoms with E-state index in [1.54, 1.807) is 0 Å². The van der Waals surface area contributed by atoms with Gasteiger partial charge in [0.2, 0.25) is 0 Å². The fraction of sp³-hybridized carbons (Fsp3) is 0.857. The molecular formula is C14H26N2O3. The van der Waals surface area contributed by atoms with Crippen LogP contribution in [0.2, 0.25) is 0 Å². The van der Waals surface area contributed by atoms with Gasteiger partial charge in [-0.25, -0.2) is 9.59 Å². The fourth-order valence-electron chi connectivity index (χ4n) is 2.63. The molecule has 19 heavy (non-hydrogen) atoms. The van der Waals surface area contributed by atoms with Crippen LogP contribution in [0, 0.1) is 5.92 Å². The lowest BCUT2D eigenvalue weighted by molar-refractivity contribution is -0.142. The van der Waals surface area contributed by atoms with Crippen LogP contribution in [0.25, 0.3) is 0 Å². The number of carbonyl (C=O) groups is 2. The van der Waals surface area contributed by atoms with E-state index in [4.69, 9.17) is 5.11 Å². The summed E-state index contributed by atoms with van der Waals surface area (Å²) in [6.07, 6.45) is 6.93. The Bertz CT molecular complexity index is 323. The molecular weight excluding hydrogens is 244 g/mol. The summed E-state index contributed by atoms with van der Waals surface area (Å²) in [5.74, 6) is -0.509. The van der Waals surface area contributed by atoms with Crippen LogP contribution in [-0.2, 0) is 4.79 Å². The fourth-order valence-corrected chi connectivity index (χ4v) is 2.63. The third kappa shape index (κ3) is 4.73. The lowest BCUT2D eigenvalue weighted by Gasteiger charge is -2.31. The van der Waals surface area contributed by atoms with Gasteiger partial charge >= 0.3 is 12.0 Å². The number of carboxylic acids is 1. The number of aliphatic carboxylic acids is 1. The summed E-state index contributed by atoms with van der Waals surface area (Å²) in [5.41, 5.74) is -1.24. The van der Waals surface area contributed by atoms with Gasteiger partial charge in [0, 0.05) is 6.04 Å². The molecule has 0 saturated heterocycles. The highest BCUT2D eigenvalue weighted by Gasteiger charge is 2.30. The van der Waals surface area contributed by atoms with Gasteiger partial charge in [-0.15, -0.1) is 0 Å². The molecule has 0 aliphatic heterocycles. The normalized spacial score (nSPS) is 18.7. The predicted molar refractivity (Wildman–Crippen MR) is 74.0 cm³/mol. The first kappa shape index (κ1) is 15.8. The summed E-state index contributed by atoms with van der Waals surface area (Å²) in [7, 11) is 0. The highest BCUT2D eigenvalue weighted by atomic mass is 16.4. The molecule has 0 bridgehead atoms. The number of carboxylic acid groups (broad SMARTS) is 1. The number of carbonyl (C=O) groups excluding carboxylic acids is 1. The van der Waals surface area contributed by atoms with Crippen molar-refractivity contribution >= 4 is 12.0 Å². The highest BCUT2D eigenvalue weighted by Crippen LogP contribution is 2.27. The molecule has 5 heteroatoms. The molecule has 0 spiro atoms. The third-order valence-electron chi connectivity index (χ3n) is 3.94. The Morgan fingerprint density at radius 1 is 1.26 bits per heavy atom. The second kappa shape index (κ2) is 6.78. The molecule has 1 rings (SSSR count). The van der Waals surface area contributed by atoms with Crippen molar-refractivity contribution < 1.29 is 14.7 Å². The largest absolute Gasteiger partial charge is 0.480 e. The quantitative estimate of drug-likeness (QED) is 0.718. The Hall–Kier alpha value is -1.26. The van der Waals surface area contributed by atoms with Crippen LogP contribution >= 0.6 is 0 Å². The first-order valence-electron chi connectivity index (χ1n) is 7.19.